The number of benzene rings is 1. The number of hydrogen-bond donors (Lipinski definition) is 2. The summed E-state index contributed by atoms with van der Waals surface area (Å²) in [5.74, 6) is -1.12. The van der Waals surface area contributed by atoms with Crippen LogP contribution < -0.4 is 21.2 Å². The lowest BCUT2D eigenvalue weighted by molar-refractivity contribution is -0.292. The molecule has 9 nitrogen and oxygen atoms in total. The van der Waals surface area contributed by atoms with E-state index in [9.17, 15) is 31.1 Å². The zero-order chi connectivity index (χ0) is 31.5. The number of halogens is 6. The molecule has 0 bridgehead atoms. The van der Waals surface area contributed by atoms with Gasteiger partial charge < -0.3 is 24.5 Å². The Hall–Kier alpha value is -4.14. The summed E-state index contributed by atoms with van der Waals surface area (Å²) < 4.78 is 93.6. The number of aromatic nitrogens is 3. The molecular formula is C29H29F6N5O4. The Bertz CT molecular complexity index is 1590. The minimum Gasteiger partial charge on any atom is -0.459 e. The van der Waals surface area contributed by atoms with Crippen molar-refractivity contribution in [3.63, 3.8) is 0 Å². The van der Waals surface area contributed by atoms with E-state index in [0.29, 0.717) is 24.0 Å². The second kappa shape index (κ2) is 12.8. The molecule has 0 radical (unpaired) electrons. The Morgan fingerprint density at radius 1 is 1.07 bits per heavy atom. The third-order valence-electron chi connectivity index (χ3n) is 7.24. The lowest BCUT2D eigenvalue weighted by atomic mass is 10.0. The summed E-state index contributed by atoms with van der Waals surface area (Å²) in [5, 5.41) is 13.4. The molecule has 2 aliphatic rings. The van der Waals surface area contributed by atoms with Crippen LogP contribution in [0.1, 0.15) is 54.4 Å². The Morgan fingerprint density at radius 2 is 1.82 bits per heavy atom. The number of anilines is 1. The molecule has 2 aromatic heterocycles. The Morgan fingerprint density at radius 3 is 2.55 bits per heavy atom. The second-order valence-electron chi connectivity index (χ2n) is 10.7. The molecule has 44 heavy (non-hydrogen) atoms. The van der Waals surface area contributed by atoms with Crippen molar-refractivity contribution >= 4 is 23.8 Å². The fourth-order valence-electron chi connectivity index (χ4n) is 5.29. The highest BCUT2D eigenvalue weighted by molar-refractivity contribution is 5.89. The van der Waals surface area contributed by atoms with Crippen LogP contribution >= 0.6 is 0 Å². The first-order valence-electron chi connectivity index (χ1n) is 14.0. The first-order chi connectivity index (χ1) is 20.8. The zero-order valence-corrected chi connectivity index (χ0v) is 23.5. The Labute approximate surface area is 247 Å². The van der Waals surface area contributed by atoms with Gasteiger partial charge >= 0.3 is 24.5 Å². The van der Waals surface area contributed by atoms with Crippen molar-refractivity contribution in [1.82, 2.24) is 20.5 Å². The summed E-state index contributed by atoms with van der Waals surface area (Å²) in [7, 11) is 0. The number of aryl methyl sites for hydroxylation is 1. The van der Waals surface area contributed by atoms with E-state index in [1.165, 1.54) is 12.1 Å². The molecule has 1 saturated carbocycles. The molecule has 3 unspecified atom stereocenters. The predicted molar refractivity (Wildman–Crippen MR) is 145 cm³/mol. The van der Waals surface area contributed by atoms with Gasteiger partial charge in [-0.2, -0.15) is 13.2 Å². The van der Waals surface area contributed by atoms with Crippen LogP contribution in [0.4, 0.5) is 32.4 Å². The number of fused-ring (bicyclic) bond motifs is 1. The molecule has 0 saturated heterocycles. The van der Waals surface area contributed by atoms with Gasteiger partial charge in [0.25, 0.3) is 5.89 Å². The second-order valence-corrected chi connectivity index (χ2v) is 10.7. The van der Waals surface area contributed by atoms with Gasteiger partial charge in [-0.25, -0.2) is 9.78 Å². The first-order valence-corrected chi connectivity index (χ1v) is 14.0. The van der Waals surface area contributed by atoms with Crippen LogP contribution in [0.3, 0.4) is 0 Å². The maximum Gasteiger partial charge on any atom is 0.572 e. The third kappa shape index (κ3) is 8.27. The van der Waals surface area contributed by atoms with Gasteiger partial charge in [0.05, 0.1) is 12.1 Å². The predicted octanol–water partition coefficient (Wildman–Crippen LogP) is 4.76. The van der Waals surface area contributed by atoms with E-state index in [1.807, 2.05) is 6.07 Å². The van der Waals surface area contributed by atoms with Gasteiger partial charge in [-0.1, -0.05) is 35.8 Å². The van der Waals surface area contributed by atoms with E-state index in [0.717, 1.165) is 19.3 Å². The van der Waals surface area contributed by atoms with Crippen LogP contribution in [0.2, 0.25) is 0 Å². The average molecular weight is 626 g/mol. The minimum absolute atomic E-state index is 0.0518. The van der Waals surface area contributed by atoms with Gasteiger partial charge in [0.2, 0.25) is 0 Å². The highest BCUT2D eigenvalue weighted by Crippen LogP contribution is 2.27. The molecule has 3 atom stereocenters. The molecule has 0 aliphatic heterocycles. The third-order valence-corrected chi connectivity index (χ3v) is 7.24. The summed E-state index contributed by atoms with van der Waals surface area (Å²) in [6.07, 6.45) is -5.40. The summed E-state index contributed by atoms with van der Waals surface area (Å²) >= 11 is 0. The van der Waals surface area contributed by atoms with Crippen LogP contribution in [-0.4, -0.2) is 58.4 Å². The molecule has 236 valence electrons. The molecule has 15 heteroatoms. The van der Waals surface area contributed by atoms with Gasteiger partial charge in [0, 0.05) is 30.1 Å². The number of rotatable bonds is 8. The topological polar surface area (TPSA) is 111 Å². The van der Waals surface area contributed by atoms with Gasteiger partial charge in [-0.15, -0.1) is 18.3 Å². The van der Waals surface area contributed by atoms with Crippen molar-refractivity contribution in [3.8, 4) is 11.6 Å². The quantitative estimate of drug-likeness (QED) is 0.208. The fraction of sp³-hybridized carbons (Fsp3) is 0.448. The number of hydrogen-bond acceptors (Lipinski definition) is 9. The van der Waals surface area contributed by atoms with Crippen LogP contribution in [0.15, 0.2) is 40.8 Å². The lowest BCUT2D eigenvalue weighted by Crippen LogP contribution is -2.45. The van der Waals surface area contributed by atoms with Gasteiger partial charge in [0.1, 0.15) is 22.9 Å². The maximum atomic E-state index is 13.2. The SMILES string of the molecule is Cc1cc(-c2nnc(NC3CCCCC(OC(=O)c4ccccc4)C3)o2)nc2c1=CC(NCC(F)(F)F)CC=2OC(F)(F)F. The molecule has 1 aromatic carbocycles. The van der Waals surface area contributed by atoms with Crippen LogP contribution in [0, 0.1) is 6.92 Å². The standard InChI is InChI=1S/C29H29F6N5O4/c1-16-11-22(38-24-21(16)13-19(36-15-28(30,31)32)14-23(24)44-29(33,34)35)25-39-40-27(43-25)37-18-9-5-6-10-20(12-18)42-26(41)17-7-3-2-4-8-17/h2-4,7-8,11,13,18-20,36H,5-6,9-10,12,14-15H2,1H3,(H,37,40). The molecule has 1 fully saturated rings. The number of carbonyl (C=O) groups excluding carboxylic acids is 1. The van der Waals surface area contributed by atoms with E-state index in [1.54, 1.807) is 31.2 Å². The van der Waals surface area contributed by atoms with Crippen molar-refractivity contribution < 1.29 is 45.0 Å². The van der Waals surface area contributed by atoms with Crippen LogP contribution in [0.5, 0.6) is 0 Å². The first kappa shape index (κ1) is 31.3. The van der Waals surface area contributed by atoms with Crippen molar-refractivity contribution in [3.05, 3.63) is 58.1 Å². The molecule has 5 rings (SSSR count). The molecule has 2 heterocycles. The largest absolute Gasteiger partial charge is 0.572 e. The maximum absolute atomic E-state index is 13.2. The smallest absolute Gasteiger partial charge is 0.459 e. The number of carbonyl (C=O) groups is 1. The van der Waals surface area contributed by atoms with Gasteiger partial charge in [-0.05, 0) is 49.9 Å². The highest BCUT2D eigenvalue weighted by atomic mass is 19.4. The van der Waals surface area contributed by atoms with Crippen molar-refractivity contribution in [1.29, 1.82) is 0 Å². The van der Waals surface area contributed by atoms with Crippen molar-refractivity contribution in [2.24, 2.45) is 0 Å². The molecule has 2 aliphatic carbocycles. The van der Waals surface area contributed by atoms with Crippen molar-refractivity contribution in [2.45, 2.75) is 76.2 Å². The van der Waals surface area contributed by atoms with Crippen LogP contribution in [0.25, 0.3) is 23.4 Å². The van der Waals surface area contributed by atoms with E-state index in [4.69, 9.17) is 9.15 Å². The number of pyridine rings is 1. The summed E-state index contributed by atoms with van der Waals surface area (Å²) in [6, 6.07) is 9.01. The number of alkyl halides is 6. The Kier molecular flexibility index (Phi) is 9.13. The molecule has 3 aromatic rings. The number of esters is 1. The van der Waals surface area contributed by atoms with E-state index in [-0.39, 0.29) is 40.3 Å². The zero-order valence-electron chi connectivity index (χ0n) is 23.5. The average Bonchev–Trinajstić information content (AvgIpc) is 3.31. The van der Waals surface area contributed by atoms with Crippen LogP contribution in [-0.2, 0) is 9.47 Å². The van der Waals surface area contributed by atoms with Gasteiger partial charge in [0.15, 0.2) is 0 Å². The number of ether oxygens (including phenoxy) is 2. The van der Waals surface area contributed by atoms with Crippen molar-refractivity contribution in [2.75, 3.05) is 11.9 Å². The summed E-state index contributed by atoms with van der Waals surface area (Å²) in [6.45, 7) is 0.193. The fourth-order valence-corrected chi connectivity index (χ4v) is 5.29. The lowest BCUT2D eigenvalue weighted by Gasteiger charge is -2.23. The monoisotopic (exact) mass is 625 g/mol. The summed E-state index contributed by atoms with van der Waals surface area (Å²) in [4.78, 5) is 16.8. The highest BCUT2D eigenvalue weighted by Gasteiger charge is 2.35. The van der Waals surface area contributed by atoms with Gasteiger partial charge in [-0.3, -0.25) is 0 Å². The van der Waals surface area contributed by atoms with E-state index < -0.39 is 43.3 Å². The molecule has 2 N–H and O–H groups in total. The normalized spacial score (nSPS) is 20.7. The Balaban J connectivity index is 1.34. The molecule has 0 amide bonds. The van der Waals surface area contributed by atoms with E-state index in [2.05, 4.69) is 30.6 Å². The number of nitrogens with one attached hydrogen (secondary N) is 2. The molecular weight excluding hydrogens is 596 g/mol. The number of nitrogens with zero attached hydrogens (tertiary/aromatic N) is 3. The minimum atomic E-state index is -5.09. The molecule has 0 spiro atoms. The van der Waals surface area contributed by atoms with E-state index >= 15 is 0 Å². The summed E-state index contributed by atoms with van der Waals surface area (Å²) in [5.41, 5.74) is 0.949.